The molecule has 0 radical (unpaired) electrons. The molecule has 0 saturated carbocycles. The molecule has 0 saturated heterocycles. The van der Waals surface area contributed by atoms with Gasteiger partial charge in [0.25, 0.3) is 5.91 Å². The normalized spacial score (nSPS) is 12.2. The van der Waals surface area contributed by atoms with Gasteiger partial charge < -0.3 is 5.32 Å². The van der Waals surface area contributed by atoms with Gasteiger partial charge in [0.2, 0.25) is 0 Å². The molecule has 0 aliphatic carbocycles. The van der Waals surface area contributed by atoms with Crippen molar-refractivity contribution in [2.75, 3.05) is 0 Å². The number of benzene rings is 1. The van der Waals surface area contributed by atoms with Gasteiger partial charge in [-0.3, -0.25) is 4.79 Å². The number of nitrogens with one attached hydrogen (secondary N) is 1. The van der Waals surface area contributed by atoms with E-state index < -0.39 is 0 Å². The molecule has 0 fully saturated rings. The summed E-state index contributed by atoms with van der Waals surface area (Å²) in [6, 6.07) is 7.86. The molecule has 0 spiro atoms. The number of rotatable bonds is 4. The average Bonchev–Trinajstić information content (AvgIpc) is 2.28. The lowest BCUT2D eigenvalue weighted by Crippen LogP contribution is -2.32. The molecule has 1 amide bonds. The van der Waals surface area contributed by atoms with E-state index in [0.717, 1.165) is 17.5 Å². The van der Waals surface area contributed by atoms with Crippen LogP contribution in [0.1, 0.15) is 36.2 Å². The van der Waals surface area contributed by atoms with E-state index in [1.807, 2.05) is 31.2 Å². The van der Waals surface area contributed by atoms with Crippen LogP contribution in [0.3, 0.4) is 0 Å². The Morgan fingerprint density at radius 1 is 1.47 bits per heavy atom. The lowest BCUT2D eigenvalue weighted by Gasteiger charge is -2.13. The highest BCUT2D eigenvalue weighted by Gasteiger charge is 2.11. The van der Waals surface area contributed by atoms with Crippen molar-refractivity contribution in [2.45, 2.75) is 31.6 Å². The molecular weight excluding hydrogens is 254 g/mol. The molecule has 1 aromatic rings. The third kappa shape index (κ3) is 3.34. The minimum atomic E-state index is 0.0133. The van der Waals surface area contributed by atoms with Gasteiger partial charge >= 0.3 is 0 Å². The summed E-state index contributed by atoms with van der Waals surface area (Å²) in [4.78, 5) is 11.9. The second-order valence-electron chi connectivity index (χ2n) is 3.57. The molecule has 1 rings (SSSR count). The highest BCUT2D eigenvalue weighted by atomic mass is 79.9. The number of alkyl halides is 1. The maximum Gasteiger partial charge on any atom is 0.251 e. The quantitative estimate of drug-likeness (QED) is 0.837. The Kier molecular flexibility index (Phi) is 4.82. The van der Waals surface area contributed by atoms with Crippen molar-refractivity contribution in [1.29, 1.82) is 0 Å². The van der Waals surface area contributed by atoms with Crippen molar-refractivity contribution in [1.82, 2.24) is 5.32 Å². The maximum atomic E-state index is 11.9. The third-order valence-corrected chi connectivity index (χ3v) is 3.00. The topological polar surface area (TPSA) is 29.1 Å². The predicted octanol–water partition coefficient (Wildman–Crippen LogP) is 3.11. The average molecular weight is 270 g/mol. The summed E-state index contributed by atoms with van der Waals surface area (Å²) in [6.07, 6.45) is 0.947. The Morgan fingerprint density at radius 2 is 2.13 bits per heavy atom. The van der Waals surface area contributed by atoms with Crippen molar-refractivity contribution >= 4 is 21.8 Å². The van der Waals surface area contributed by atoms with Crippen LogP contribution >= 0.6 is 15.9 Å². The summed E-state index contributed by atoms with van der Waals surface area (Å²) in [7, 11) is 0. The molecule has 1 N–H and O–H groups in total. The van der Waals surface area contributed by atoms with E-state index in [9.17, 15) is 4.79 Å². The summed E-state index contributed by atoms with van der Waals surface area (Å²) in [5.74, 6) is 0.0133. The number of amides is 1. The fraction of sp³-hybridized carbons (Fsp3) is 0.417. The van der Waals surface area contributed by atoms with E-state index in [1.165, 1.54) is 0 Å². The van der Waals surface area contributed by atoms with E-state index in [1.54, 1.807) is 0 Å². The van der Waals surface area contributed by atoms with E-state index in [4.69, 9.17) is 0 Å². The Labute approximate surface area is 99.2 Å². The molecule has 15 heavy (non-hydrogen) atoms. The van der Waals surface area contributed by atoms with E-state index in [-0.39, 0.29) is 11.9 Å². The lowest BCUT2D eigenvalue weighted by molar-refractivity contribution is 0.0938. The highest BCUT2D eigenvalue weighted by Crippen LogP contribution is 2.12. The van der Waals surface area contributed by atoms with Crippen molar-refractivity contribution in [2.24, 2.45) is 0 Å². The number of halogens is 1. The lowest BCUT2D eigenvalue weighted by atomic mass is 10.1. The van der Waals surface area contributed by atoms with Gasteiger partial charge in [-0.1, -0.05) is 41.1 Å². The van der Waals surface area contributed by atoms with Crippen molar-refractivity contribution in [3.05, 3.63) is 35.4 Å². The van der Waals surface area contributed by atoms with Gasteiger partial charge in [-0.15, -0.1) is 0 Å². The van der Waals surface area contributed by atoms with Gasteiger partial charge in [-0.25, -0.2) is 0 Å². The molecule has 0 aliphatic rings. The van der Waals surface area contributed by atoms with Crippen LogP contribution in [0, 0.1) is 0 Å². The zero-order valence-electron chi connectivity index (χ0n) is 9.09. The van der Waals surface area contributed by atoms with E-state index in [0.29, 0.717) is 5.33 Å². The molecule has 0 bridgehead atoms. The van der Waals surface area contributed by atoms with Crippen LogP contribution in [-0.4, -0.2) is 11.9 Å². The van der Waals surface area contributed by atoms with E-state index in [2.05, 4.69) is 28.2 Å². The molecule has 1 unspecified atom stereocenters. The summed E-state index contributed by atoms with van der Waals surface area (Å²) in [5.41, 5.74) is 1.79. The zero-order chi connectivity index (χ0) is 11.3. The first-order valence-electron chi connectivity index (χ1n) is 5.13. The molecule has 0 aromatic heterocycles. The van der Waals surface area contributed by atoms with Crippen LogP contribution in [0.4, 0.5) is 0 Å². The summed E-state index contributed by atoms with van der Waals surface area (Å²) < 4.78 is 0. The summed E-state index contributed by atoms with van der Waals surface area (Å²) >= 11 is 3.38. The van der Waals surface area contributed by atoms with Gasteiger partial charge in [0.1, 0.15) is 0 Å². The van der Waals surface area contributed by atoms with Crippen molar-refractivity contribution in [3.8, 4) is 0 Å². The van der Waals surface area contributed by atoms with Crippen LogP contribution in [0.15, 0.2) is 24.3 Å². The fourth-order valence-corrected chi connectivity index (χ4v) is 1.75. The zero-order valence-corrected chi connectivity index (χ0v) is 10.7. The second kappa shape index (κ2) is 5.91. The summed E-state index contributed by atoms with van der Waals surface area (Å²) in [5, 5.41) is 3.67. The van der Waals surface area contributed by atoms with Crippen LogP contribution in [0.25, 0.3) is 0 Å². The number of hydrogen-bond donors (Lipinski definition) is 1. The Hall–Kier alpha value is -0.830. The first-order valence-corrected chi connectivity index (χ1v) is 6.26. The molecule has 82 valence electrons. The van der Waals surface area contributed by atoms with Crippen LogP contribution in [0.5, 0.6) is 0 Å². The SMILES string of the molecule is CCC(C)NC(=O)c1ccccc1CBr. The van der Waals surface area contributed by atoms with Gasteiger partial charge in [0.05, 0.1) is 0 Å². The summed E-state index contributed by atoms with van der Waals surface area (Å²) in [6.45, 7) is 4.07. The van der Waals surface area contributed by atoms with Crippen LogP contribution in [-0.2, 0) is 5.33 Å². The third-order valence-electron chi connectivity index (χ3n) is 2.40. The first kappa shape index (κ1) is 12.2. The number of carbonyl (C=O) groups excluding carboxylic acids is 1. The number of carbonyl (C=O) groups is 1. The fourth-order valence-electron chi connectivity index (χ4n) is 1.26. The van der Waals surface area contributed by atoms with Gasteiger partial charge in [0, 0.05) is 16.9 Å². The largest absolute Gasteiger partial charge is 0.350 e. The Morgan fingerprint density at radius 3 is 2.73 bits per heavy atom. The molecule has 3 heteroatoms. The molecule has 1 aromatic carbocycles. The maximum absolute atomic E-state index is 11.9. The Bertz CT molecular complexity index is 338. The predicted molar refractivity (Wildman–Crippen MR) is 66.3 cm³/mol. The van der Waals surface area contributed by atoms with Crippen LogP contribution in [0.2, 0.25) is 0 Å². The molecule has 1 atom stereocenters. The van der Waals surface area contributed by atoms with E-state index >= 15 is 0 Å². The molecule has 0 aliphatic heterocycles. The van der Waals surface area contributed by atoms with Gasteiger partial charge in [0.15, 0.2) is 0 Å². The van der Waals surface area contributed by atoms with Gasteiger partial charge in [-0.05, 0) is 25.0 Å². The number of hydrogen-bond acceptors (Lipinski definition) is 1. The monoisotopic (exact) mass is 269 g/mol. The van der Waals surface area contributed by atoms with Crippen molar-refractivity contribution < 1.29 is 4.79 Å². The smallest absolute Gasteiger partial charge is 0.251 e. The minimum Gasteiger partial charge on any atom is -0.350 e. The van der Waals surface area contributed by atoms with Crippen molar-refractivity contribution in [3.63, 3.8) is 0 Å². The second-order valence-corrected chi connectivity index (χ2v) is 4.13. The molecular formula is C12H16BrNO. The molecule has 0 heterocycles. The highest BCUT2D eigenvalue weighted by molar-refractivity contribution is 9.08. The standard InChI is InChI=1S/C12H16BrNO/c1-3-9(2)14-12(15)11-7-5-4-6-10(11)8-13/h4-7,9H,3,8H2,1-2H3,(H,14,15). The van der Waals surface area contributed by atoms with Crippen LogP contribution < -0.4 is 5.32 Å². The van der Waals surface area contributed by atoms with Gasteiger partial charge in [-0.2, -0.15) is 0 Å². The first-order chi connectivity index (χ1) is 7.19. The molecule has 2 nitrogen and oxygen atoms in total. The minimum absolute atomic E-state index is 0.0133. The Balaban J connectivity index is 2.81.